The van der Waals surface area contributed by atoms with E-state index in [2.05, 4.69) is 24.4 Å². The summed E-state index contributed by atoms with van der Waals surface area (Å²) in [5, 5.41) is 3.34. The van der Waals surface area contributed by atoms with Gasteiger partial charge in [0.1, 0.15) is 5.75 Å². The van der Waals surface area contributed by atoms with Crippen molar-refractivity contribution in [2.75, 3.05) is 5.32 Å². The highest BCUT2D eigenvalue weighted by atomic mass is 16.5. The molecular formula is C16H17NO2. The highest BCUT2D eigenvalue weighted by Gasteiger charge is 1.99. The van der Waals surface area contributed by atoms with E-state index in [9.17, 15) is 4.79 Å². The Bertz CT molecular complexity index is 561. The molecule has 0 saturated heterocycles. The zero-order valence-corrected chi connectivity index (χ0v) is 11.1. The summed E-state index contributed by atoms with van der Waals surface area (Å²) in [6.45, 7) is 4.27. The number of carbonyl (C=O) groups excluding carboxylic acids is 1. The summed E-state index contributed by atoms with van der Waals surface area (Å²) in [6, 6.07) is 15.6. The summed E-state index contributed by atoms with van der Waals surface area (Å²) >= 11 is 0. The van der Waals surface area contributed by atoms with Gasteiger partial charge in [-0.25, -0.2) is 0 Å². The third kappa shape index (κ3) is 3.85. The summed E-state index contributed by atoms with van der Waals surface area (Å²) in [5.41, 5.74) is 3.54. The zero-order chi connectivity index (χ0) is 13.7. The molecule has 0 saturated carbocycles. The molecule has 0 fully saturated rings. The highest BCUT2D eigenvalue weighted by Crippen LogP contribution is 2.17. The third-order valence-electron chi connectivity index (χ3n) is 2.86. The van der Waals surface area contributed by atoms with Crippen LogP contribution in [0.4, 0.5) is 5.69 Å². The number of benzene rings is 2. The third-order valence-corrected chi connectivity index (χ3v) is 2.86. The first-order chi connectivity index (χ1) is 9.15. The molecule has 3 nitrogen and oxygen atoms in total. The topological polar surface area (TPSA) is 38.3 Å². The number of nitrogens with one attached hydrogen (secondary N) is 1. The van der Waals surface area contributed by atoms with Gasteiger partial charge in [-0.05, 0) is 42.3 Å². The second-order valence-corrected chi connectivity index (χ2v) is 4.40. The van der Waals surface area contributed by atoms with Gasteiger partial charge in [-0.1, -0.05) is 24.3 Å². The van der Waals surface area contributed by atoms with E-state index in [0.29, 0.717) is 5.75 Å². The summed E-state index contributed by atoms with van der Waals surface area (Å²) in [4.78, 5) is 10.8. The van der Waals surface area contributed by atoms with Crippen LogP contribution in [0, 0.1) is 6.92 Å². The predicted octanol–water partition coefficient (Wildman–Crippen LogP) is 3.53. The van der Waals surface area contributed by atoms with Crippen LogP contribution in [0.1, 0.15) is 18.1 Å². The van der Waals surface area contributed by atoms with Gasteiger partial charge in [0, 0.05) is 19.2 Å². The molecular weight excluding hydrogens is 238 g/mol. The fourth-order valence-electron chi connectivity index (χ4n) is 1.81. The quantitative estimate of drug-likeness (QED) is 0.671. The number of carbonyl (C=O) groups is 1. The molecule has 0 aromatic heterocycles. The van der Waals surface area contributed by atoms with Crippen molar-refractivity contribution in [2.24, 2.45) is 0 Å². The summed E-state index contributed by atoms with van der Waals surface area (Å²) in [6.07, 6.45) is 0. The number of esters is 1. The van der Waals surface area contributed by atoms with E-state index in [1.54, 1.807) is 12.1 Å². The lowest BCUT2D eigenvalue weighted by molar-refractivity contribution is -0.131. The van der Waals surface area contributed by atoms with Gasteiger partial charge in [0.2, 0.25) is 0 Å². The maximum absolute atomic E-state index is 10.8. The monoisotopic (exact) mass is 255 g/mol. The molecule has 0 unspecified atom stereocenters. The Morgan fingerprint density at radius 2 is 1.79 bits per heavy atom. The number of rotatable bonds is 4. The lowest BCUT2D eigenvalue weighted by Gasteiger charge is -2.09. The molecule has 2 aromatic rings. The van der Waals surface area contributed by atoms with Crippen LogP contribution in [0.25, 0.3) is 0 Å². The van der Waals surface area contributed by atoms with Crippen LogP contribution < -0.4 is 10.1 Å². The first kappa shape index (κ1) is 13.1. The minimum absolute atomic E-state index is 0.305. The lowest BCUT2D eigenvalue weighted by Crippen LogP contribution is -2.03. The average Bonchev–Trinajstić information content (AvgIpc) is 2.39. The molecule has 0 aliphatic heterocycles. The lowest BCUT2D eigenvalue weighted by atomic mass is 10.1. The van der Waals surface area contributed by atoms with Gasteiger partial charge in [-0.3, -0.25) is 4.79 Å². The smallest absolute Gasteiger partial charge is 0.308 e. The number of hydrogen-bond donors (Lipinski definition) is 1. The molecule has 1 N–H and O–H groups in total. The van der Waals surface area contributed by atoms with Crippen LogP contribution in [-0.2, 0) is 11.3 Å². The fraction of sp³-hybridized carbons (Fsp3) is 0.188. The highest BCUT2D eigenvalue weighted by molar-refractivity contribution is 5.69. The van der Waals surface area contributed by atoms with Gasteiger partial charge in [-0.15, -0.1) is 0 Å². The van der Waals surface area contributed by atoms with Crippen molar-refractivity contribution in [1.82, 2.24) is 0 Å². The SMILES string of the molecule is CC(=O)Oc1ccc(NCc2ccccc2C)cc1. The minimum Gasteiger partial charge on any atom is -0.427 e. The van der Waals surface area contributed by atoms with E-state index in [4.69, 9.17) is 4.74 Å². The molecule has 0 heterocycles. The Hall–Kier alpha value is -2.29. The van der Waals surface area contributed by atoms with Crippen molar-refractivity contribution in [1.29, 1.82) is 0 Å². The van der Waals surface area contributed by atoms with Gasteiger partial charge in [0.25, 0.3) is 0 Å². The van der Waals surface area contributed by atoms with Crippen LogP contribution in [0.15, 0.2) is 48.5 Å². The molecule has 0 aliphatic rings. The van der Waals surface area contributed by atoms with Crippen molar-refractivity contribution in [2.45, 2.75) is 20.4 Å². The Labute approximate surface area is 113 Å². The van der Waals surface area contributed by atoms with E-state index in [-0.39, 0.29) is 5.97 Å². The predicted molar refractivity (Wildman–Crippen MR) is 76.3 cm³/mol. The van der Waals surface area contributed by atoms with Gasteiger partial charge in [0.05, 0.1) is 0 Å². The number of anilines is 1. The Morgan fingerprint density at radius 3 is 2.42 bits per heavy atom. The van der Waals surface area contributed by atoms with E-state index in [1.165, 1.54) is 18.1 Å². The molecule has 3 heteroatoms. The molecule has 19 heavy (non-hydrogen) atoms. The Kier molecular flexibility index (Phi) is 4.18. The minimum atomic E-state index is -0.305. The van der Waals surface area contributed by atoms with E-state index >= 15 is 0 Å². The maximum Gasteiger partial charge on any atom is 0.308 e. The number of hydrogen-bond acceptors (Lipinski definition) is 3. The van der Waals surface area contributed by atoms with Crippen molar-refractivity contribution in [3.8, 4) is 5.75 Å². The average molecular weight is 255 g/mol. The number of aryl methyl sites for hydroxylation is 1. The van der Waals surface area contributed by atoms with E-state index < -0.39 is 0 Å². The number of ether oxygens (including phenoxy) is 1. The molecule has 0 bridgehead atoms. The van der Waals surface area contributed by atoms with Crippen molar-refractivity contribution < 1.29 is 9.53 Å². The molecule has 0 radical (unpaired) electrons. The van der Waals surface area contributed by atoms with Gasteiger partial charge in [0.15, 0.2) is 0 Å². The van der Waals surface area contributed by atoms with Crippen molar-refractivity contribution in [3.63, 3.8) is 0 Å². The maximum atomic E-state index is 10.8. The van der Waals surface area contributed by atoms with Crippen molar-refractivity contribution in [3.05, 3.63) is 59.7 Å². The molecule has 2 aromatic carbocycles. The normalized spacial score (nSPS) is 10.0. The summed E-state index contributed by atoms with van der Waals surface area (Å²) < 4.78 is 4.98. The summed E-state index contributed by atoms with van der Waals surface area (Å²) in [5.74, 6) is 0.259. The molecule has 0 spiro atoms. The van der Waals surface area contributed by atoms with Crippen LogP contribution >= 0.6 is 0 Å². The van der Waals surface area contributed by atoms with Gasteiger partial charge in [-0.2, -0.15) is 0 Å². The Balaban J connectivity index is 1.97. The molecule has 2 rings (SSSR count). The van der Waals surface area contributed by atoms with Crippen molar-refractivity contribution >= 4 is 11.7 Å². The summed E-state index contributed by atoms with van der Waals surface area (Å²) in [7, 11) is 0. The van der Waals surface area contributed by atoms with Crippen LogP contribution in [0.2, 0.25) is 0 Å². The first-order valence-electron chi connectivity index (χ1n) is 6.22. The molecule has 98 valence electrons. The largest absolute Gasteiger partial charge is 0.427 e. The van der Waals surface area contributed by atoms with Crippen LogP contribution in [0.3, 0.4) is 0 Å². The van der Waals surface area contributed by atoms with Crippen LogP contribution in [0.5, 0.6) is 5.75 Å². The first-order valence-corrected chi connectivity index (χ1v) is 6.22. The van der Waals surface area contributed by atoms with Gasteiger partial charge < -0.3 is 10.1 Å². The molecule has 0 atom stereocenters. The zero-order valence-electron chi connectivity index (χ0n) is 11.1. The second kappa shape index (κ2) is 6.05. The molecule has 0 aliphatic carbocycles. The van der Waals surface area contributed by atoms with Crippen LogP contribution in [-0.4, -0.2) is 5.97 Å². The fourth-order valence-corrected chi connectivity index (χ4v) is 1.81. The standard InChI is InChI=1S/C16H17NO2/c1-12-5-3-4-6-14(12)11-17-15-7-9-16(10-8-15)19-13(2)18/h3-10,17H,11H2,1-2H3. The van der Waals surface area contributed by atoms with Gasteiger partial charge >= 0.3 is 5.97 Å². The molecule has 0 amide bonds. The van der Waals surface area contributed by atoms with E-state index in [0.717, 1.165) is 12.2 Å². The van der Waals surface area contributed by atoms with E-state index in [1.807, 2.05) is 24.3 Å². The second-order valence-electron chi connectivity index (χ2n) is 4.40. The Morgan fingerprint density at radius 1 is 1.11 bits per heavy atom.